The largest absolute Gasteiger partial charge is 0.489 e. The zero-order valence-corrected chi connectivity index (χ0v) is 11.9. The lowest BCUT2D eigenvalue weighted by Crippen LogP contribution is -2.36. The van der Waals surface area contributed by atoms with E-state index < -0.39 is 5.82 Å². The van der Waals surface area contributed by atoms with Crippen LogP contribution in [-0.4, -0.2) is 25.5 Å². The van der Waals surface area contributed by atoms with Gasteiger partial charge in [-0.1, -0.05) is 18.5 Å². The maximum Gasteiger partial charge on any atom is 0.157 e. The summed E-state index contributed by atoms with van der Waals surface area (Å²) in [6.45, 7) is 3.96. The molecule has 2 rings (SSSR count). The van der Waals surface area contributed by atoms with Crippen LogP contribution in [0.5, 0.6) is 5.75 Å². The number of hydrogen-bond acceptors (Lipinski definition) is 5. The Morgan fingerprint density at radius 3 is 3.05 bits per heavy atom. The minimum atomic E-state index is -0.631. The summed E-state index contributed by atoms with van der Waals surface area (Å²) >= 11 is 5.88. The number of benzene rings is 1. The first-order valence-corrected chi connectivity index (χ1v) is 6.66. The lowest BCUT2D eigenvalue weighted by Gasteiger charge is -2.33. The highest BCUT2D eigenvalue weighted by atomic mass is 35.5. The Hall–Kier alpha value is -1.73. The molecule has 1 aromatic carbocycles. The molecule has 1 aliphatic heterocycles. The molecule has 0 saturated heterocycles. The molecule has 110 valence electrons. The maximum absolute atomic E-state index is 14.3. The molecule has 6 nitrogen and oxygen atoms in total. The predicted octanol–water partition coefficient (Wildman–Crippen LogP) is 1.17. The molecule has 0 unspecified atom stereocenters. The second-order valence-corrected chi connectivity index (χ2v) is 4.76. The molecule has 0 atom stereocenters. The van der Waals surface area contributed by atoms with Crippen LogP contribution in [-0.2, 0) is 0 Å². The van der Waals surface area contributed by atoms with Crippen molar-refractivity contribution in [3.8, 4) is 5.75 Å². The van der Waals surface area contributed by atoms with Gasteiger partial charge in [0.1, 0.15) is 12.4 Å². The van der Waals surface area contributed by atoms with Crippen LogP contribution in [0.15, 0.2) is 11.2 Å². The molecule has 0 saturated carbocycles. The van der Waals surface area contributed by atoms with Crippen molar-refractivity contribution in [2.75, 3.05) is 24.6 Å². The highest BCUT2D eigenvalue weighted by Gasteiger charge is 2.27. The summed E-state index contributed by atoms with van der Waals surface area (Å²) in [5.74, 6) is 4.90. The number of hydrazone groups is 1. The molecule has 0 fully saturated rings. The van der Waals surface area contributed by atoms with E-state index in [0.29, 0.717) is 24.6 Å². The Balaban J connectivity index is 2.64. The minimum Gasteiger partial charge on any atom is -0.489 e. The number of hydrazine groups is 1. The number of ether oxygens (including phenoxy) is 1. The lowest BCUT2D eigenvalue weighted by atomic mass is 10.1. The quantitative estimate of drug-likeness (QED) is 0.336. The van der Waals surface area contributed by atoms with Gasteiger partial charge in [0.05, 0.1) is 22.8 Å². The second-order valence-electron chi connectivity index (χ2n) is 4.36. The average Bonchev–Trinajstić information content (AvgIpc) is 2.41. The Kier molecular flexibility index (Phi) is 4.51. The summed E-state index contributed by atoms with van der Waals surface area (Å²) < 4.78 is 19.9. The number of amidine groups is 1. The number of nitrogens with zero attached hydrogens (tertiary/aromatic N) is 2. The topological polar surface area (TPSA) is 88.9 Å². The number of hydrogen-bond donors (Lipinski definition) is 3. The van der Waals surface area contributed by atoms with Crippen molar-refractivity contribution in [1.29, 1.82) is 0 Å². The van der Waals surface area contributed by atoms with E-state index in [2.05, 4.69) is 10.6 Å². The zero-order valence-electron chi connectivity index (χ0n) is 11.1. The summed E-state index contributed by atoms with van der Waals surface area (Å²) in [7, 11) is 0. The molecule has 1 aliphatic rings. The van der Waals surface area contributed by atoms with E-state index in [4.69, 9.17) is 27.9 Å². The summed E-state index contributed by atoms with van der Waals surface area (Å²) in [4.78, 5) is 2.01. The van der Waals surface area contributed by atoms with Crippen molar-refractivity contribution in [2.45, 2.75) is 13.3 Å². The third kappa shape index (κ3) is 2.59. The molecule has 0 aromatic heterocycles. The smallest absolute Gasteiger partial charge is 0.157 e. The Bertz CT molecular complexity index is 537. The van der Waals surface area contributed by atoms with Crippen LogP contribution in [0, 0.1) is 5.82 Å². The third-order valence-electron chi connectivity index (χ3n) is 3.03. The molecule has 0 aliphatic carbocycles. The number of rotatable bonds is 4. The Labute approximate surface area is 121 Å². The van der Waals surface area contributed by atoms with Gasteiger partial charge in [-0.3, -0.25) is 0 Å². The van der Waals surface area contributed by atoms with Gasteiger partial charge in [0.15, 0.2) is 11.7 Å². The van der Waals surface area contributed by atoms with Crippen LogP contribution in [0.2, 0.25) is 5.02 Å². The fraction of sp³-hybridized carbons (Fsp3) is 0.417. The molecular formula is C12H17ClFN5O. The Morgan fingerprint density at radius 1 is 1.65 bits per heavy atom. The molecule has 0 amide bonds. The Morgan fingerprint density at radius 2 is 2.40 bits per heavy atom. The molecule has 8 heteroatoms. The maximum atomic E-state index is 14.3. The molecular weight excluding hydrogens is 285 g/mol. The monoisotopic (exact) mass is 301 g/mol. The van der Waals surface area contributed by atoms with E-state index in [1.54, 1.807) is 0 Å². The van der Waals surface area contributed by atoms with Gasteiger partial charge in [0.25, 0.3) is 0 Å². The van der Waals surface area contributed by atoms with Crippen LogP contribution in [0.25, 0.3) is 0 Å². The van der Waals surface area contributed by atoms with E-state index in [-0.39, 0.29) is 16.4 Å². The number of nitrogens with one attached hydrogen (secondary N) is 1. The molecule has 20 heavy (non-hydrogen) atoms. The SMILES string of the molecule is CCCN1CCOc2cc(Cl)c(F)c(/C(N)=N/NN)c21. The molecule has 0 spiro atoms. The van der Waals surface area contributed by atoms with Gasteiger partial charge < -0.3 is 15.4 Å². The highest BCUT2D eigenvalue weighted by Crippen LogP contribution is 2.40. The van der Waals surface area contributed by atoms with Gasteiger partial charge in [0.2, 0.25) is 0 Å². The van der Waals surface area contributed by atoms with E-state index in [0.717, 1.165) is 13.0 Å². The van der Waals surface area contributed by atoms with Gasteiger partial charge in [-0.05, 0) is 6.42 Å². The van der Waals surface area contributed by atoms with Crippen LogP contribution in [0.1, 0.15) is 18.9 Å². The van der Waals surface area contributed by atoms with Gasteiger partial charge in [-0.15, -0.1) is 5.10 Å². The number of nitrogens with two attached hydrogens (primary N) is 2. The molecule has 5 N–H and O–H groups in total. The normalized spacial score (nSPS) is 14.8. The van der Waals surface area contributed by atoms with Crippen molar-refractivity contribution >= 4 is 23.1 Å². The van der Waals surface area contributed by atoms with Crippen molar-refractivity contribution in [3.63, 3.8) is 0 Å². The van der Waals surface area contributed by atoms with E-state index in [1.165, 1.54) is 6.07 Å². The van der Waals surface area contributed by atoms with Crippen molar-refractivity contribution in [3.05, 3.63) is 22.5 Å². The van der Waals surface area contributed by atoms with Crippen LogP contribution in [0.3, 0.4) is 0 Å². The first-order chi connectivity index (χ1) is 9.60. The standard InChI is InChI=1S/C12H17ClFN5O/c1-2-3-19-4-5-20-8-6-7(13)10(14)9(11(8)19)12(15)17-18-16/h6,18H,2-5,16H2,1H3,(H2,15,17). The van der Waals surface area contributed by atoms with E-state index in [9.17, 15) is 4.39 Å². The fourth-order valence-corrected chi connectivity index (χ4v) is 2.44. The van der Waals surface area contributed by atoms with Gasteiger partial charge >= 0.3 is 0 Å². The van der Waals surface area contributed by atoms with E-state index in [1.807, 2.05) is 11.8 Å². The summed E-state index contributed by atoms with van der Waals surface area (Å²) in [5.41, 5.74) is 8.52. The molecule has 1 aromatic rings. The fourth-order valence-electron chi connectivity index (χ4n) is 2.25. The number of anilines is 1. The number of halogens is 2. The molecule has 0 bridgehead atoms. The average molecular weight is 302 g/mol. The molecule has 1 heterocycles. The summed E-state index contributed by atoms with van der Waals surface area (Å²) in [6.07, 6.45) is 0.912. The minimum absolute atomic E-state index is 0.0627. The van der Waals surface area contributed by atoms with E-state index >= 15 is 0 Å². The van der Waals surface area contributed by atoms with Gasteiger partial charge in [-0.25, -0.2) is 15.8 Å². The van der Waals surface area contributed by atoms with Crippen molar-refractivity contribution in [1.82, 2.24) is 5.53 Å². The summed E-state index contributed by atoms with van der Waals surface area (Å²) in [6, 6.07) is 1.46. The van der Waals surface area contributed by atoms with Crippen LogP contribution in [0.4, 0.5) is 10.1 Å². The van der Waals surface area contributed by atoms with Crippen molar-refractivity contribution in [2.24, 2.45) is 16.7 Å². The molecule has 0 radical (unpaired) electrons. The number of fused-ring (bicyclic) bond motifs is 1. The summed E-state index contributed by atoms with van der Waals surface area (Å²) in [5, 5.41) is 3.58. The van der Waals surface area contributed by atoms with Crippen molar-refractivity contribution < 1.29 is 9.13 Å². The zero-order chi connectivity index (χ0) is 14.7. The van der Waals surface area contributed by atoms with Crippen LogP contribution < -0.4 is 26.7 Å². The first kappa shape index (κ1) is 14.7. The highest BCUT2D eigenvalue weighted by molar-refractivity contribution is 6.31. The van der Waals surface area contributed by atoms with Gasteiger partial charge in [-0.2, -0.15) is 0 Å². The lowest BCUT2D eigenvalue weighted by molar-refractivity contribution is 0.306. The van der Waals surface area contributed by atoms with Crippen LogP contribution >= 0.6 is 11.6 Å². The predicted molar refractivity (Wildman–Crippen MR) is 77.5 cm³/mol. The second kappa shape index (κ2) is 6.15. The van der Waals surface area contributed by atoms with Gasteiger partial charge in [0, 0.05) is 12.6 Å². The third-order valence-corrected chi connectivity index (χ3v) is 3.30. The first-order valence-electron chi connectivity index (χ1n) is 6.29.